The average molecular weight is 413 g/mol. The highest BCUT2D eigenvalue weighted by Crippen LogP contribution is 2.33. The first-order valence-electron chi connectivity index (χ1n) is 9.01. The van der Waals surface area contributed by atoms with Gasteiger partial charge in [-0.25, -0.2) is 4.99 Å². The third kappa shape index (κ3) is 5.67. The van der Waals surface area contributed by atoms with E-state index in [1.54, 1.807) is 0 Å². The summed E-state index contributed by atoms with van der Waals surface area (Å²) < 4.78 is 0. The van der Waals surface area contributed by atoms with Crippen LogP contribution in [0.1, 0.15) is 37.7 Å². The molecule has 0 aromatic heterocycles. The molecule has 0 bridgehead atoms. The standard InChI is InChI=1S/C18H24N4O3S.ClH/c19-18(20-11-14-10-15(22(24)25)6-7-17(14)23)26-12-13-4-3-9-21-8-2-1-5-16(13)21;/h6-7,10-11,13,16,19,23H,1-5,8-9,12H2;1H/b19-18?,20-11+;. The number of benzene rings is 1. The van der Waals surface area contributed by atoms with Crippen LogP contribution in [0.15, 0.2) is 23.2 Å². The summed E-state index contributed by atoms with van der Waals surface area (Å²) in [5.74, 6) is 1.39. The van der Waals surface area contributed by atoms with Crippen molar-refractivity contribution in [2.24, 2.45) is 10.9 Å². The Kier molecular flexibility index (Phi) is 8.07. The van der Waals surface area contributed by atoms with Crippen LogP contribution in [0.2, 0.25) is 0 Å². The van der Waals surface area contributed by atoms with E-state index in [4.69, 9.17) is 5.41 Å². The number of fused-ring (bicyclic) bond motifs is 1. The molecule has 0 amide bonds. The number of phenolic OH excluding ortho intramolecular Hbond substituents is 1. The zero-order valence-corrected chi connectivity index (χ0v) is 16.7. The van der Waals surface area contributed by atoms with Gasteiger partial charge in [0.1, 0.15) is 5.75 Å². The Bertz CT molecular complexity index is 714. The fraction of sp³-hybridized carbons (Fsp3) is 0.556. The highest BCUT2D eigenvalue weighted by Gasteiger charge is 2.32. The van der Waals surface area contributed by atoms with Crippen LogP contribution < -0.4 is 0 Å². The minimum absolute atomic E-state index is 0. The molecule has 0 radical (unpaired) electrons. The van der Waals surface area contributed by atoms with E-state index in [1.807, 2.05) is 0 Å². The van der Waals surface area contributed by atoms with Gasteiger partial charge in [0.05, 0.1) is 4.92 Å². The van der Waals surface area contributed by atoms with Gasteiger partial charge in [-0.3, -0.25) is 15.5 Å². The number of hydrogen-bond donors (Lipinski definition) is 2. The molecule has 2 atom stereocenters. The number of phenols is 1. The monoisotopic (exact) mass is 412 g/mol. The van der Waals surface area contributed by atoms with Crippen molar-refractivity contribution >= 4 is 41.2 Å². The average Bonchev–Trinajstić information content (AvgIpc) is 2.65. The molecule has 7 nitrogen and oxygen atoms in total. The SMILES string of the molecule is Cl.N=C(/N=C/c1cc([N+](=O)[O-])ccc1O)SCC1CCCN2CCCCC12. The number of piperidine rings is 2. The van der Waals surface area contributed by atoms with Gasteiger partial charge in [0, 0.05) is 35.7 Å². The molecule has 2 saturated heterocycles. The second-order valence-corrected chi connectivity index (χ2v) is 7.88. The molecule has 2 unspecified atom stereocenters. The maximum absolute atomic E-state index is 10.8. The Labute approximate surface area is 169 Å². The van der Waals surface area contributed by atoms with Gasteiger partial charge in [-0.2, -0.15) is 0 Å². The summed E-state index contributed by atoms with van der Waals surface area (Å²) in [7, 11) is 0. The first kappa shape index (κ1) is 21.7. The summed E-state index contributed by atoms with van der Waals surface area (Å²) in [4.78, 5) is 17.0. The molecule has 2 fully saturated rings. The molecule has 3 rings (SSSR count). The lowest BCUT2D eigenvalue weighted by molar-refractivity contribution is -0.384. The zero-order valence-electron chi connectivity index (χ0n) is 15.0. The van der Waals surface area contributed by atoms with Crippen LogP contribution in [0.5, 0.6) is 5.75 Å². The van der Waals surface area contributed by atoms with Crippen LogP contribution in [0.25, 0.3) is 0 Å². The molecular weight excluding hydrogens is 388 g/mol. The number of aromatic hydroxyl groups is 1. The molecule has 27 heavy (non-hydrogen) atoms. The smallest absolute Gasteiger partial charge is 0.270 e. The molecule has 148 valence electrons. The third-order valence-corrected chi connectivity index (χ3v) is 6.18. The normalized spacial score (nSPS) is 22.8. The Balaban J connectivity index is 0.00000261. The number of rotatable bonds is 4. The zero-order chi connectivity index (χ0) is 18.5. The second-order valence-electron chi connectivity index (χ2n) is 6.88. The molecule has 1 aromatic carbocycles. The van der Waals surface area contributed by atoms with Gasteiger partial charge in [-0.05, 0) is 50.8 Å². The summed E-state index contributed by atoms with van der Waals surface area (Å²) in [6.45, 7) is 2.40. The molecule has 2 aliphatic heterocycles. The van der Waals surface area contributed by atoms with Crippen molar-refractivity contribution in [2.45, 2.75) is 38.1 Å². The van der Waals surface area contributed by atoms with E-state index in [1.165, 1.54) is 81.4 Å². The van der Waals surface area contributed by atoms with Gasteiger partial charge in [-0.1, -0.05) is 18.2 Å². The molecule has 0 spiro atoms. The molecule has 2 aliphatic rings. The maximum Gasteiger partial charge on any atom is 0.270 e. The minimum atomic E-state index is -0.518. The third-order valence-electron chi connectivity index (χ3n) is 5.21. The molecule has 0 aliphatic carbocycles. The van der Waals surface area contributed by atoms with Gasteiger partial charge >= 0.3 is 0 Å². The van der Waals surface area contributed by atoms with E-state index in [-0.39, 0.29) is 34.6 Å². The number of non-ortho nitro benzene ring substituents is 1. The number of hydrogen-bond acceptors (Lipinski definition) is 6. The Hall–Kier alpha value is -1.64. The van der Waals surface area contributed by atoms with Crippen molar-refractivity contribution in [3.8, 4) is 5.75 Å². The van der Waals surface area contributed by atoms with Gasteiger partial charge in [0.25, 0.3) is 5.69 Å². The molecule has 0 saturated carbocycles. The van der Waals surface area contributed by atoms with E-state index in [0.717, 1.165) is 5.75 Å². The van der Waals surface area contributed by atoms with Gasteiger partial charge in [-0.15, -0.1) is 12.4 Å². The van der Waals surface area contributed by atoms with Crippen molar-refractivity contribution in [3.63, 3.8) is 0 Å². The van der Waals surface area contributed by atoms with Crippen molar-refractivity contribution in [1.29, 1.82) is 5.41 Å². The number of nitro benzene ring substituents is 1. The number of nitrogens with one attached hydrogen (secondary N) is 1. The topological polar surface area (TPSA) is 103 Å². The summed E-state index contributed by atoms with van der Waals surface area (Å²) >= 11 is 1.42. The second kappa shape index (κ2) is 10.1. The van der Waals surface area contributed by atoms with E-state index in [9.17, 15) is 15.2 Å². The highest BCUT2D eigenvalue weighted by molar-refractivity contribution is 8.13. The predicted octanol–water partition coefficient (Wildman–Crippen LogP) is 4.07. The van der Waals surface area contributed by atoms with Crippen LogP contribution in [0, 0.1) is 21.4 Å². The fourth-order valence-corrected chi connectivity index (χ4v) is 4.77. The van der Waals surface area contributed by atoms with E-state index in [2.05, 4.69) is 9.89 Å². The summed E-state index contributed by atoms with van der Waals surface area (Å²) in [6, 6.07) is 4.42. The lowest BCUT2D eigenvalue weighted by Crippen LogP contribution is -2.48. The Morgan fingerprint density at radius 2 is 2.15 bits per heavy atom. The molecule has 9 heteroatoms. The van der Waals surface area contributed by atoms with Crippen molar-refractivity contribution in [3.05, 3.63) is 33.9 Å². The highest BCUT2D eigenvalue weighted by atomic mass is 35.5. The minimum Gasteiger partial charge on any atom is -0.507 e. The molecule has 2 heterocycles. The van der Waals surface area contributed by atoms with Crippen molar-refractivity contribution in [1.82, 2.24) is 4.90 Å². The Morgan fingerprint density at radius 1 is 1.37 bits per heavy atom. The van der Waals surface area contributed by atoms with Crippen LogP contribution in [-0.4, -0.2) is 51.2 Å². The first-order valence-corrected chi connectivity index (χ1v) is 10.00. The largest absolute Gasteiger partial charge is 0.507 e. The van der Waals surface area contributed by atoms with Gasteiger partial charge in [0.15, 0.2) is 5.17 Å². The van der Waals surface area contributed by atoms with Crippen molar-refractivity contribution in [2.75, 3.05) is 18.8 Å². The van der Waals surface area contributed by atoms with E-state index >= 15 is 0 Å². The summed E-state index contributed by atoms with van der Waals surface area (Å²) in [5, 5.41) is 28.8. The number of nitrogens with zero attached hydrogens (tertiary/aromatic N) is 3. The van der Waals surface area contributed by atoms with Crippen LogP contribution in [-0.2, 0) is 0 Å². The quantitative estimate of drug-likeness (QED) is 0.335. The van der Waals surface area contributed by atoms with Crippen molar-refractivity contribution < 1.29 is 10.0 Å². The summed E-state index contributed by atoms with van der Waals surface area (Å²) in [6.07, 6.45) is 7.60. The number of aliphatic imine (C=N–C) groups is 1. The lowest BCUT2D eigenvalue weighted by atomic mass is 9.85. The fourth-order valence-electron chi connectivity index (χ4n) is 3.88. The van der Waals surface area contributed by atoms with Gasteiger partial charge < -0.3 is 10.0 Å². The molecule has 1 aromatic rings. The molecular formula is C18H25ClN4O3S. The van der Waals surface area contributed by atoms with Crippen LogP contribution >= 0.6 is 24.2 Å². The number of halogens is 1. The van der Waals surface area contributed by atoms with E-state index < -0.39 is 4.92 Å². The van der Waals surface area contributed by atoms with E-state index in [0.29, 0.717) is 12.0 Å². The van der Waals surface area contributed by atoms with Crippen LogP contribution in [0.3, 0.4) is 0 Å². The summed E-state index contributed by atoms with van der Waals surface area (Å²) in [5.41, 5.74) is 0.142. The Morgan fingerprint density at radius 3 is 2.93 bits per heavy atom. The first-order chi connectivity index (χ1) is 12.5. The van der Waals surface area contributed by atoms with Crippen LogP contribution in [0.4, 0.5) is 5.69 Å². The number of thioether (sulfide) groups is 1. The maximum atomic E-state index is 10.8. The lowest BCUT2D eigenvalue weighted by Gasteiger charge is -2.44. The molecule has 2 N–H and O–H groups in total. The number of nitro groups is 1. The number of amidine groups is 1. The predicted molar refractivity (Wildman–Crippen MR) is 112 cm³/mol. The van der Waals surface area contributed by atoms with Gasteiger partial charge in [0.2, 0.25) is 0 Å².